The number of carbonyl (C=O) groups excluding carboxylic acids is 1. The first-order chi connectivity index (χ1) is 20.5. The highest BCUT2D eigenvalue weighted by molar-refractivity contribution is 5.93. The van der Waals surface area contributed by atoms with Gasteiger partial charge < -0.3 is 9.88 Å². The molecule has 0 atom stereocenters. The van der Waals surface area contributed by atoms with E-state index in [1.807, 2.05) is 0 Å². The molecule has 0 radical (unpaired) electrons. The molecular formula is C29H20F5N7O2. The number of nitrogens with zero attached hydrogens (tertiary/aromatic N) is 6. The van der Waals surface area contributed by atoms with Gasteiger partial charge in [0, 0.05) is 49.2 Å². The van der Waals surface area contributed by atoms with Crippen molar-refractivity contribution in [2.24, 2.45) is 0 Å². The molecule has 1 fully saturated rings. The van der Waals surface area contributed by atoms with Crippen LogP contribution in [0.15, 0.2) is 65.7 Å². The van der Waals surface area contributed by atoms with Crippen molar-refractivity contribution in [3.63, 3.8) is 0 Å². The number of benzene rings is 2. The molecule has 5 aromatic rings. The second kappa shape index (κ2) is 10.5. The fourth-order valence-corrected chi connectivity index (χ4v) is 5.35. The Balaban J connectivity index is 1.28. The third-order valence-corrected chi connectivity index (χ3v) is 7.43. The van der Waals surface area contributed by atoms with E-state index in [1.54, 1.807) is 18.2 Å². The van der Waals surface area contributed by atoms with Crippen LogP contribution in [0, 0.1) is 23.0 Å². The van der Waals surface area contributed by atoms with Crippen molar-refractivity contribution in [3.05, 3.63) is 99.9 Å². The standard InChI is InChI=1S/C29H20F5N7O2/c30-21-12-26-23(10-17(21)14-35)37-28(43)40(26)18-5-8-39(9-6-18)27(42)24-13-25(16-2-1-7-36-15-16)41(38-24)19-3-4-20(22(31)11-19)29(32,33)34/h1-4,7,10-13,15,18H,5-6,8-9H2,(H,37,43). The van der Waals surface area contributed by atoms with Gasteiger partial charge in [-0.3, -0.25) is 14.3 Å². The van der Waals surface area contributed by atoms with E-state index in [0.717, 1.165) is 12.1 Å². The number of hydrogen-bond donors (Lipinski definition) is 1. The van der Waals surface area contributed by atoms with Crippen molar-refractivity contribution in [1.29, 1.82) is 5.26 Å². The van der Waals surface area contributed by atoms with Crippen LogP contribution in [0.5, 0.6) is 0 Å². The van der Waals surface area contributed by atoms with Gasteiger partial charge >= 0.3 is 11.9 Å². The van der Waals surface area contributed by atoms with Crippen LogP contribution >= 0.6 is 0 Å². The fourth-order valence-electron chi connectivity index (χ4n) is 5.35. The Kier molecular flexibility index (Phi) is 6.80. The van der Waals surface area contributed by atoms with Crippen LogP contribution in [0.1, 0.15) is 40.5 Å². The summed E-state index contributed by atoms with van der Waals surface area (Å²) in [4.78, 5) is 34.5. The smallest absolute Gasteiger partial charge is 0.337 e. The van der Waals surface area contributed by atoms with E-state index in [1.165, 1.54) is 38.7 Å². The van der Waals surface area contributed by atoms with Gasteiger partial charge in [-0.2, -0.15) is 23.5 Å². The zero-order valence-corrected chi connectivity index (χ0v) is 22.1. The lowest BCUT2D eigenvalue weighted by Gasteiger charge is -2.32. The lowest BCUT2D eigenvalue weighted by Crippen LogP contribution is -2.40. The third-order valence-electron chi connectivity index (χ3n) is 7.43. The molecule has 1 aliphatic heterocycles. The number of nitriles is 1. The van der Waals surface area contributed by atoms with Gasteiger partial charge in [-0.25, -0.2) is 18.3 Å². The number of amides is 1. The van der Waals surface area contributed by atoms with E-state index >= 15 is 0 Å². The largest absolute Gasteiger partial charge is 0.419 e. The number of nitrogens with one attached hydrogen (secondary N) is 1. The number of hydrogen-bond acceptors (Lipinski definition) is 5. The lowest BCUT2D eigenvalue weighted by atomic mass is 10.0. The van der Waals surface area contributed by atoms with Gasteiger partial charge in [0.25, 0.3) is 5.91 Å². The number of fused-ring (bicyclic) bond motifs is 1. The van der Waals surface area contributed by atoms with Gasteiger partial charge in [-0.05, 0) is 49.2 Å². The quantitative estimate of drug-likeness (QED) is 0.287. The molecule has 3 aromatic heterocycles. The maximum Gasteiger partial charge on any atom is 0.419 e. The number of imidazole rings is 1. The molecule has 43 heavy (non-hydrogen) atoms. The summed E-state index contributed by atoms with van der Waals surface area (Å²) in [5, 5.41) is 13.4. The molecule has 6 rings (SSSR count). The van der Waals surface area contributed by atoms with Crippen LogP contribution in [0.3, 0.4) is 0 Å². The number of alkyl halides is 3. The summed E-state index contributed by atoms with van der Waals surface area (Å²) in [7, 11) is 0. The molecule has 0 saturated carbocycles. The summed E-state index contributed by atoms with van der Waals surface area (Å²) in [5.74, 6) is -2.70. The normalized spacial score (nSPS) is 14.3. The first-order valence-electron chi connectivity index (χ1n) is 13.1. The molecule has 2 aromatic carbocycles. The Bertz CT molecular complexity index is 1960. The van der Waals surface area contributed by atoms with Gasteiger partial charge in [0.2, 0.25) is 0 Å². The number of H-pyrrole nitrogens is 1. The number of pyridine rings is 1. The minimum atomic E-state index is -4.88. The number of carbonyl (C=O) groups is 1. The van der Waals surface area contributed by atoms with Crippen molar-refractivity contribution in [3.8, 4) is 23.0 Å². The van der Waals surface area contributed by atoms with E-state index in [4.69, 9.17) is 5.26 Å². The Hall–Kier alpha value is -5.32. The second-order valence-electron chi connectivity index (χ2n) is 10.0. The summed E-state index contributed by atoms with van der Waals surface area (Å²) in [6.07, 6.45) is -1.15. The SMILES string of the molecule is N#Cc1cc2[nH]c(=O)n(C3CCN(C(=O)c4cc(-c5cccnc5)n(-c5ccc(C(F)(F)F)c(F)c5)n4)CC3)c2cc1F. The molecule has 0 aliphatic carbocycles. The molecule has 1 aliphatic rings. The highest BCUT2D eigenvalue weighted by atomic mass is 19.4. The molecule has 4 heterocycles. The number of halogens is 5. The molecule has 9 nitrogen and oxygen atoms in total. The Morgan fingerprint density at radius 2 is 1.81 bits per heavy atom. The zero-order valence-electron chi connectivity index (χ0n) is 22.1. The van der Waals surface area contributed by atoms with Gasteiger partial charge in [0.15, 0.2) is 5.69 Å². The number of rotatable bonds is 4. The number of aromatic nitrogens is 5. The lowest BCUT2D eigenvalue weighted by molar-refractivity contribution is -0.140. The average molecular weight is 594 g/mol. The minimum Gasteiger partial charge on any atom is -0.337 e. The first-order valence-corrected chi connectivity index (χ1v) is 13.1. The predicted octanol–water partition coefficient (Wildman–Crippen LogP) is 5.22. The molecular weight excluding hydrogens is 573 g/mol. The first kappa shape index (κ1) is 27.8. The van der Waals surface area contributed by atoms with Crippen LogP contribution in [-0.2, 0) is 6.18 Å². The third kappa shape index (κ3) is 5.03. The van der Waals surface area contributed by atoms with Crippen molar-refractivity contribution < 1.29 is 26.7 Å². The molecule has 218 valence electrons. The van der Waals surface area contributed by atoms with E-state index < -0.39 is 35.0 Å². The predicted molar refractivity (Wildman–Crippen MR) is 143 cm³/mol. The molecule has 0 unspecified atom stereocenters. The van der Waals surface area contributed by atoms with Crippen molar-refractivity contribution in [1.82, 2.24) is 29.2 Å². The van der Waals surface area contributed by atoms with Crippen LogP contribution in [0.2, 0.25) is 0 Å². The number of aromatic amines is 1. The highest BCUT2D eigenvalue weighted by Gasteiger charge is 2.34. The molecule has 14 heteroatoms. The summed E-state index contributed by atoms with van der Waals surface area (Å²) in [6.45, 7) is 0.455. The Morgan fingerprint density at radius 1 is 1.05 bits per heavy atom. The zero-order chi connectivity index (χ0) is 30.5. The summed E-state index contributed by atoms with van der Waals surface area (Å²) >= 11 is 0. The summed E-state index contributed by atoms with van der Waals surface area (Å²) in [5.41, 5.74) is -0.658. The van der Waals surface area contributed by atoms with Crippen LogP contribution < -0.4 is 5.69 Å². The number of likely N-dealkylation sites (tertiary alicyclic amines) is 1. The van der Waals surface area contributed by atoms with E-state index in [-0.39, 0.29) is 36.1 Å². The summed E-state index contributed by atoms with van der Waals surface area (Å²) in [6, 6.07) is 11.0. The molecule has 0 bridgehead atoms. The summed E-state index contributed by atoms with van der Waals surface area (Å²) < 4.78 is 70.8. The van der Waals surface area contributed by atoms with Crippen LogP contribution in [0.4, 0.5) is 22.0 Å². The van der Waals surface area contributed by atoms with E-state index in [2.05, 4.69) is 15.1 Å². The van der Waals surface area contributed by atoms with Crippen molar-refractivity contribution in [2.75, 3.05) is 13.1 Å². The van der Waals surface area contributed by atoms with E-state index in [9.17, 15) is 31.5 Å². The monoisotopic (exact) mass is 593 g/mol. The molecule has 0 spiro atoms. The molecule has 1 N–H and O–H groups in total. The molecule has 1 saturated heterocycles. The molecule has 1 amide bonds. The Morgan fingerprint density at radius 3 is 2.47 bits per heavy atom. The van der Waals surface area contributed by atoms with Crippen LogP contribution in [-0.4, -0.2) is 48.2 Å². The fraction of sp³-hybridized carbons (Fsp3) is 0.207. The maximum atomic E-state index is 14.5. The van der Waals surface area contributed by atoms with Crippen LogP contribution in [0.25, 0.3) is 28.0 Å². The maximum absolute atomic E-state index is 14.5. The van der Waals surface area contributed by atoms with Crippen molar-refractivity contribution >= 4 is 16.9 Å². The topological polar surface area (TPSA) is 113 Å². The van der Waals surface area contributed by atoms with Gasteiger partial charge in [0.1, 0.15) is 17.7 Å². The highest BCUT2D eigenvalue weighted by Crippen LogP contribution is 2.33. The van der Waals surface area contributed by atoms with Gasteiger partial charge in [-0.15, -0.1) is 0 Å². The van der Waals surface area contributed by atoms with Gasteiger partial charge in [0.05, 0.1) is 33.5 Å². The van der Waals surface area contributed by atoms with Crippen molar-refractivity contribution in [2.45, 2.75) is 25.1 Å². The van der Waals surface area contributed by atoms with Gasteiger partial charge in [-0.1, -0.05) is 0 Å². The minimum absolute atomic E-state index is 0.0204. The second-order valence-corrected chi connectivity index (χ2v) is 10.0. The average Bonchev–Trinajstić information content (AvgIpc) is 3.57. The number of piperidine rings is 1. The van der Waals surface area contributed by atoms with E-state index in [0.29, 0.717) is 47.3 Å². The Labute approximate surface area is 239 Å².